The Morgan fingerprint density at radius 2 is 2.08 bits per heavy atom. The molecule has 2 aromatic rings. The van der Waals surface area contributed by atoms with E-state index >= 15 is 0 Å². The van der Waals surface area contributed by atoms with Gasteiger partial charge >= 0.3 is 5.97 Å². The number of nitrogens with one attached hydrogen (secondary N) is 1. The van der Waals surface area contributed by atoms with Crippen molar-refractivity contribution in [1.29, 1.82) is 0 Å². The first kappa shape index (κ1) is 15.2. The van der Waals surface area contributed by atoms with Gasteiger partial charge in [-0.15, -0.1) is 0 Å². The van der Waals surface area contributed by atoms with Gasteiger partial charge in [-0.3, -0.25) is 9.59 Å². The first-order valence-corrected chi connectivity index (χ1v) is 8.47. The molecule has 1 amide bonds. The fourth-order valence-corrected chi connectivity index (χ4v) is 3.84. The molecule has 1 aliphatic carbocycles. The molecule has 2 aliphatic rings. The molecule has 1 N–H and O–H groups in total. The molecule has 6 nitrogen and oxygen atoms in total. The number of fused-ring (bicyclic) bond motifs is 1. The van der Waals surface area contributed by atoms with Crippen LogP contribution in [0.1, 0.15) is 30.7 Å². The van der Waals surface area contributed by atoms with Crippen LogP contribution in [0.4, 0.5) is 0 Å². The summed E-state index contributed by atoms with van der Waals surface area (Å²) in [7, 11) is 1.38. The number of piperidine rings is 1. The second-order valence-corrected chi connectivity index (χ2v) is 6.71. The third-order valence-electron chi connectivity index (χ3n) is 5.34. The molecule has 3 heterocycles. The predicted octanol–water partition coefficient (Wildman–Crippen LogP) is 2.08. The highest BCUT2D eigenvalue weighted by Gasteiger charge is 2.50. The summed E-state index contributed by atoms with van der Waals surface area (Å²) in [5, 5.41) is 1.18. The van der Waals surface area contributed by atoms with Gasteiger partial charge in [0.15, 0.2) is 0 Å². The number of amides is 1. The number of carbonyl (C=O) groups is 2. The summed E-state index contributed by atoms with van der Waals surface area (Å²) in [6.07, 6.45) is 6.37. The number of esters is 1. The number of hydrogen-bond donors (Lipinski definition) is 1. The minimum absolute atomic E-state index is 0.115. The van der Waals surface area contributed by atoms with Gasteiger partial charge in [-0.05, 0) is 42.9 Å². The largest absolute Gasteiger partial charge is 0.469 e. The number of pyridine rings is 1. The van der Waals surface area contributed by atoms with Crippen molar-refractivity contribution in [1.82, 2.24) is 14.9 Å². The van der Waals surface area contributed by atoms with Crippen LogP contribution in [0.25, 0.3) is 11.0 Å². The number of ether oxygens (including phenoxy) is 1. The lowest BCUT2D eigenvalue weighted by Gasteiger charge is -2.32. The van der Waals surface area contributed by atoms with Crippen LogP contribution < -0.4 is 0 Å². The van der Waals surface area contributed by atoms with Gasteiger partial charge in [0.05, 0.1) is 18.9 Å². The van der Waals surface area contributed by atoms with E-state index in [-0.39, 0.29) is 23.7 Å². The monoisotopic (exact) mass is 327 g/mol. The third kappa shape index (κ3) is 2.56. The van der Waals surface area contributed by atoms with E-state index in [1.165, 1.54) is 18.1 Å². The molecule has 1 aliphatic heterocycles. The molecule has 1 saturated heterocycles. The quantitative estimate of drug-likeness (QED) is 0.876. The molecule has 126 valence electrons. The SMILES string of the molecule is COC(=O)[C@@H]1C[C@H]1C(=O)N1CCC(c2c[nH]c3ncccc23)CC1. The second-order valence-electron chi connectivity index (χ2n) is 6.71. The summed E-state index contributed by atoms with van der Waals surface area (Å²) >= 11 is 0. The summed E-state index contributed by atoms with van der Waals surface area (Å²) in [4.78, 5) is 33.5. The maximum atomic E-state index is 12.5. The van der Waals surface area contributed by atoms with Crippen LogP contribution >= 0.6 is 0 Å². The van der Waals surface area contributed by atoms with Gasteiger partial charge in [-0.1, -0.05) is 0 Å². The molecule has 0 spiro atoms. The van der Waals surface area contributed by atoms with Crippen LogP contribution in [0.5, 0.6) is 0 Å². The number of nitrogens with zero attached hydrogens (tertiary/aromatic N) is 2. The number of aromatic nitrogens is 2. The number of aromatic amines is 1. The first-order valence-electron chi connectivity index (χ1n) is 8.47. The fourth-order valence-electron chi connectivity index (χ4n) is 3.84. The zero-order valence-electron chi connectivity index (χ0n) is 13.7. The average Bonchev–Trinajstić information content (AvgIpc) is 3.32. The summed E-state index contributed by atoms with van der Waals surface area (Å²) < 4.78 is 4.73. The van der Waals surface area contributed by atoms with Crippen molar-refractivity contribution in [3.63, 3.8) is 0 Å². The molecule has 4 rings (SSSR count). The van der Waals surface area contributed by atoms with E-state index in [1.54, 1.807) is 6.20 Å². The van der Waals surface area contributed by atoms with Crippen LogP contribution in [0.15, 0.2) is 24.5 Å². The lowest BCUT2D eigenvalue weighted by molar-refractivity contribution is -0.145. The number of methoxy groups -OCH3 is 1. The Morgan fingerprint density at radius 3 is 2.83 bits per heavy atom. The van der Waals surface area contributed by atoms with Crippen molar-refractivity contribution in [2.75, 3.05) is 20.2 Å². The fraction of sp³-hybridized carbons (Fsp3) is 0.500. The topological polar surface area (TPSA) is 75.3 Å². The van der Waals surface area contributed by atoms with Crippen molar-refractivity contribution < 1.29 is 14.3 Å². The Morgan fingerprint density at radius 1 is 1.29 bits per heavy atom. The zero-order chi connectivity index (χ0) is 16.7. The molecule has 0 bridgehead atoms. The van der Waals surface area contributed by atoms with Crippen LogP contribution in [-0.4, -0.2) is 46.9 Å². The van der Waals surface area contributed by atoms with E-state index in [1.807, 2.05) is 17.2 Å². The van der Waals surface area contributed by atoms with Crippen molar-refractivity contribution in [3.05, 3.63) is 30.1 Å². The standard InChI is InChI=1S/C18H21N3O3/c1-24-18(23)14-9-13(14)17(22)21-7-4-11(5-8-21)15-10-20-16-12(15)3-2-6-19-16/h2-3,6,10-11,13-14H,4-5,7-9H2,1H3,(H,19,20)/t13-,14-/m1/s1. The normalized spacial score (nSPS) is 24.1. The first-order chi connectivity index (χ1) is 11.7. The Bertz CT molecular complexity index is 777. The van der Waals surface area contributed by atoms with Crippen molar-refractivity contribution in [2.24, 2.45) is 11.8 Å². The highest BCUT2D eigenvalue weighted by molar-refractivity contribution is 5.90. The van der Waals surface area contributed by atoms with Gasteiger partial charge in [-0.2, -0.15) is 0 Å². The number of carbonyl (C=O) groups excluding carboxylic acids is 2. The number of hydrogen-bond acceptors (Lipinski definition) is 4. The summed E-state index contributed by atoms with van der Waals surface area (Å²) in [5.74, 6) is -0.0761. The van der Waals surface area contributed by atoms with E-state index in [0.29, 0.717) is 12.3 Å². The summed E-state index contributed by atoms with van der Waals surface area (Å²) in [6, 6.07) is 4.05. The maximum absolute atomic E-state index is 12.5. The Labute approximate surface area is 140 Å². The van der Waals surface area contributed by atoms with Crippen molar-refractivity contribution in [2.45, 2.75) is 25.2 Å². The average molecular weight is 327 g/mol. The van der Waals surface area contributed by atoms with Gasteiger partial charge in [0.2, 0.25) is 5.91 Å². The van der Waals surface area contributed by atoms with Crippen molar-refractivity contribution in [3.8, 4) is 0 Å². The van der Waals surface area contributed by atoms with E-state index in [2.05, 4.69) is 16.0 Å². The molecule has 6 heteroatoms. The van der Waals surface area contributed by atoms with Gasteiger partial charge < -0.3 is 14.6 Å². The number of rotatable bonds is 3. The molecule has 0 unspecified atom stereocenters. The molecule has 2 fully saturated rings. The summed E-state index contributed by atoms with van der Waals surface area (Å²) in [6.45, 7) is 1.50. The molecule has 1 saturated carbocycles. The Hall–Kier alpha value is -2.37. The van der Waals surface area contributed by atoms with Gasteiger partial charge in [0.25, 0.3) is 0 Å². The molecule has 0 aromatic carbocycles. The maximum Gasteiger partial charge on any atom is 0.309 e. The van der Waals surface area contributed by atoms with Gasteiger partial charge in [-0.25, -0.2) is 4.98 Å². The molecule has 24 heavy (non-hydrogen) atoms. The van der Waals surface area contributed by atoms with Crippen LogP contribution in [-0.2, 0) is 14.3 Å². The third-order valence-corrected chi connectivity index (χ3v) is 5.34. The molecular formula is C18H21N3O3. The minimum Gasteiger partial charge on any atom is -0.469 e. The van der Waals surface area contributed by atoms with Gasteiger partial charge in [0.1, 0.15) is 5.65 Å². The van der Waals surface area contributed by atoms with E-state index in [9.17, 15) is 9.59 Å². The summed E-state index contributed by atoms with van der Waals surface area (Å²) in [5.41, 5.74) is 2.22. The Balaban J connectivity index is 1.39. The molecule has 0 radical (unpaired) electrons. The predicted molar refractivity (Wildman–Crippen MR) is 88.3 cm³/mol. The van der Waals surface area contributed by atoms with Crippen LogP contribution in [0.3, 0.4) is 0 Å². The number of H-pyrrole nitrogens is 1. The second kappa shape index (κ2) is 5.92. The molecule has 2 atom stereocenters. The highest BCUT2D eigenvalue weighted by Crippen LogP contribution is 2.42. The number of likely N-dealkylation sites (tertiary alicyclic amines) is 1. The van der Waals surface area contributed by atoms with Crippen molar-refractivity contribution >= 4 is 22.9 Å². The molecular weight excluding hydrogens is 306 g/mol. The Kier molecular flexibility index (Phi) is 3.75. The molecule has 2 aromatic heterocycles. The zero-order valence-corrected chi connectivity index (χ0v) is 13.7. The minimum atomic E-state index is -0.255. The van der Waals surface area contributed by atoms with E-state index in [4.69, 9.17) is 4.74 Å². The van der Waals surface area contributed by atoms with Crippen LogP contribution in [0.2, 0.25) is 0 Å². The smallest absolute Gasteiger partial charge is 0.309 e. The lowest BCUT2D eigenvalue weighted by Crippen LogP contribution is -2.39. The van der Waals surface area contributed by atoms with E-state index < -0.39 is 0 Å². The van der Waals surface area contributed by atoms with E-state index in [0.717, 1.165) is 31.6 Å². The van der Waals surface area contributed by atoms with Crippen LogP contribution in [0, 0.1) is 11.8 Å². The van der Waals surface area contributed by atoms with Gasteiger partial charge in [0, 0.05) is 30.9 Å². The lowest BCUT2D eigenvalue weighted by atomic mass is 9.89. The highest BCUT2D eigenvalue weighted by atomic mass is 16.5.